The highest BCUT2D eigenvalue weighted by molar-refractivity contribution is 6.02. The summed E-state index contributed by atoms with van der Waals surface area (Å²) in [6.07, 6.45) is 5.02. The Balaban J connectivity index is 1.62. The number of Topliss-reactive ketones (excluding diaryl/α,β-unsaturated/α-hetero) is 1. The molecule has 2 aromatic carbocycles. The van der Waals surface area contributed by atoms with E-state index >= 15 is 0 Å². The van der Waals surface area contributed by atoms with Gasteiger partial charge >= 0.3 is 0 Å². The van der Waals surface area contributed by atoms with Gasteiger partial charge in [0.15, 0.2) is 5.78 Å². The van der Waals surface area contributed by atoms with Crippen LogP contribution >= 0.6 is 0 Å². The van der Waals surface area contributed by atoms with Crippen LogP contribution in [-0.2, 0) is 4.79 Å². The smallest absolute Gasteiger partial charge is 0.161 e. The summed E-state index contributed by atoms with van der Waals surface area (Å²) in [6.45, 7) is 4.15. The molecule has 2 aromatic rings. The van der Waals surface area contributed by atoms with Crippen molar-refractivity contribution in [3.63, 3.8) is 0 Å². The molecule has 0 bridgehead atoms. The van der Waals surface area contributed by atoms with Gasteiger partial charge in [0, 0.05) is 22.5 Å². The molecule has 0 radical (unpaired) electrons. The van der Waals surface area contributed by atoms with Crippen LogP contribution < -0.4 is 0 Å². The third-order valence-corrected chi connectivity index (χ3v) is 6.91. The van der Waals surface area contributed by atoms with E-state index in [1.165, 1.54) is 12.1 Å². The Labute approximate surface area is 177 Å². The molecule has 2 nitrogen and oxygen atoms in total. The predicted molar refractivity (Wildman–Crippen MR) is 117 cm³/mol. The molecule has 2 aliphatic rings. The maximum Gasteiger partial charge on any atom is 0.161 e. The SMILES string of the molecule is CC1C(=O)C(=Cc2cccc(C#Cc3cccc(F)c3)c2)C[C@@]2(C)C1CCC[C@@H]2O. The number of carbonyl (C=O) groups is 1. The fraction of sp³-hybridized carbons (Fsp3) is 0.370. The molecular weight excluding hydrogens is 375 g/mol. The second kappa shape index (κ2) is 8.20. The molecule has 0 aromatic heterocycles. The molecule has 0 aliphatic heterocycles. The van der Waals surface area contributed by atoms with Crippen molar-refractivity contribution in [1.82, 2.24) is 0 Å². The van der Waals surface area contributed by atoms with E-state index < -0.39 is 0 Å². The van der Waals surface area contributed by atoms with Crippen molar-refractivity contribution in [3.05, 3.63) is 76.6 Å². The molecule has 0 heterocycles. The number of ketones is 1. The number of aliphatic hydroxyl groups is 1. The van der Waals surface area contributed by atoms with Crippen molar-refractivity contribution < 1.29 is 14.3 Å². The van der Waals surface area contributed by atoms with Crippen LogP contribution in [0.3, 0.4) is 0 Å². The van der Waals surface area contributed by atoms with Gasteiger partial charge in [-0.3, -0.25) is 4.79 Å². The van der Waals surface area contributed by atoms with E-state index in [9.17, 15) is 14.3 Å². The average Bonchev–Trinajstić information content (AvgIpc) is 2.72. The molecular formula is C27H27FO2. The van der Waals surface area contributed by atoms with Gasteiger partial charge in [-0.1, -0.05) is 50.3 Å². The summed E-state index contributed by atoms with van der Waals surface area (Å²) in [4.78, 5) is 13.0. The first-order valence-electron chi connectivity index (χ1n) is 10.7. The van der Waals surface area contributed by atoms with E-state index in [2.05, 4.69) is 18.8 Å². The van der Waals surface area contributed by atoms with E-state index in [0.717, 1.165) is 36.0 Å². The number of carbonyl (C=O) groups excluding carboxylic acids is 1. The maximum absolute atomic E-state index is 13.3. The lowest BCUT2D eigenvalue weighted by atomic mass is 9.54. The van der Waals surface area contributed by atoms with Gasteiger partial charge < -0.3 is 5.11 Å². The zero-order chi connectivity index (χ0) is 21.3. The third kappa shape index (κ3) is 3.98. The Hall–Kier alpha value is -2.70. The van der Waals surface area contributed by atoms with Crippen molar-refractivity contribution in [1.29, 1.82) is 0 Å². The minimum atomic E-state index is -0.362. The molecule has 0 spiro atoms. The Morgan fingerprint density at radius 3 is 2.53 bits per heavy atom. The Morgan fingerprint density at radius 2 is 1.80 bits per heavy atom. The first kappa shape index (κ1) is 20.6. The minimum Gasteiger partial charge on any atom is -0.393 e. The molecule has 1 N–H and O–H groups in total. The Kier molecular flexibility index (Phi) is 5.62. The van der Waals surface area contributed by atoms with Crippen molar-refractivity contribution >= 4 is 11.9 Å². The highest BCUT2D eigenvalue weighted by Crippen LogP contribution is 2.53. The first-order chi connectivity index (χ1) is 14.4. The maximum atomic E-state index is 13.3. The summed E-state index contributed by atoms with van der Waals surface area (Å²) in [5.41, 5.74) is 2.90. The molecule has 2 fully saturated rings. The van der Waals surface area contributed by atoms with Gasteiger partial charge in [-0.25, -0.2) is 4.39 Å². The number of hydrogen-bond acceptors (Lipinski definition) is 2. The number of rotatable bonds is 1. The zero-order valence-corrected chi connectivity index (χ0v) is 17.5. The first-order valence-corrected chi connectivity index (χ1v) is 10.7. The van der Waals surface area contributed by atoms with Gasteiger partial charge in [-0.2, -0.15) is 0 Å². The molecule has 4 rings (SSSR count). The summed E-state index contributed by atoms with van der Waals surface area (Å²) < 4.78 is 13.3. The fourth-order valence-corrected chi connectivity index (χ4v) is 5.22. The molecule has 0 amide bonds. The molecule has 2 aliphatic carbocycles. The monoisotopic (exact) mass is 402 g/mol. The van der Waals surface area contributed by atoms with Gasteiger partial charge in [-0.15, -0.1) is 0 Å². The van der Waals surface area contributed by atoms with Crippen molar-refractivity contribution in [2.45, 2.75) is 45.6 Å². The van der Waals surface area contributed by atoms with E-state index in [0.29, 0.717) is 12.0 Å². The van der Waals surface area contributed by atoms with E-state index in [-0.39, 0.29) is 35.0 Å². The van der Waals surface area contributed by atoms with Crippen LogP contribution in [0.15, 0.2) is 54.1 Å². The van der Waals surface area contributed by atoms with E-state index in [4.69, 9.17) is 0 Å². The molecule has 154 valence electrons. The van der Waals surface area contributed by atoms with Gasteiger partial charge in [0.05, 0.1) is 6.10 Å². The van der Waals surface area contributed by atoms with E-state index in [1.807, 2.05) is 37.3 Å². The normalized spacial score (nSPS) is 29.8. The topological polar surface area (TPSA) is 37.3 Å². The second-order valence-electron chi connectivity index (χ2n) is 8.94. The van der Waals surface area contributed by atoms with Crippen LogP contribution in [0.1, 0.15) is 56.2 Å². The van der Waals surface area contributed by atoms with Crippen LogP contribution in [0.2, 0.25) is 0 Å². The minimum absolute atomic E-state index is 0.0686. The van der Waals surface area contributed by atoms with Crippen LogP contribution in [0.5, 0.6) is 0 Å². The summed E-state index contributed by atoms with van der Waals surface area (Å²) in [5, 5.41) is 10.7. The summed E-state index contributed by atoms with van der Waals surface area (Å²) in [5.74, 6) is 6.13. The molecule has 2 saturated carbocycles. The van der Waals surface area contributed by atoms with Gasteiger partial charge in [0.2, 0.25) is 0 Å². The fourth-order valence-electron chi connectivity index (χ4n) is 5.22. The number of benzene rings is 2. The summed E-state index contributed by atoms with van der Waals surface area (Å²) in [7, 11) is 0. The van der Waals surface area contributed by atoms with Crippen LogP contribution in [0.4, 0.5) is 4.39 Å². The number of hydrogen-bond donors (Lipinski definition) is 1. The predicted octanol–water partition coefficient (Wildman–Crippen LogP) is 5.39. The second-order valence-corrected chi connectivity index (χ2v) is 8.94. The lowest BCUT2D eigenvalue weighted by Gasteiger charge is -2.51. The molecule has 4 atom stereocenters. The van der Waals surface area contributed by atoms with E-state index in [1.54, 1.807) is 12.1 Å². The molecule has 0 saturated heterocycles. The number of halogens is 1. The Morgan fingerprint density at radius 1 is 1.10 bits per heavy atom. The highest BCUT2D eigenvalue weighted by atomic mass is 19.1. The molecule has 30 heavy (non-hydrogen) atoms. The van der Waals surface area contributed by atoms with Crippen molar-refractivity contribution in [2.75, 3.05) is 0 Å². The highest BCUT2D eigenvalue weighted by Gasteiger charge is 2.51. The number of fused-ring (bicyclic) bond motifs is 1. The lowest BCUT2D eigenvalue weighted by molar-refractivity contribution is -0.133. The average molecular weight is 403 g/mol. The van der Waals surface area contributed by atoms with Gasteiger partial charge in [0.1, 0.15) is 5.82 Å². The van der Waals surface area contributed by atoms with Crippen molar-refractivity contribution in [2.24, 2.45) is 17.3 Å². The van der Waals surface area contributed by atoms with Crippen LogP contribution in [0, 0.1) is 34.9 Å². The number of allylic oxidation sites excluding steroid dienone is 1. The zero-order valence-electron chi connectivity index (χ0n) is 17.5. The molecule has 2 unspecified atom stereocenters. The lowest BCUT2D eigenvalue weighted by Crippen LogP contribution is -2.51. The third-order valence-electron chi connectivity index (χ3n) is 6.91. The Bertz CT molecular complexity index is 1060. The quantitative estimate of drug-likeness (QED) is 0.513. The summed E-state index contributed by atoms with van der Waals surface area (Å²) in [6, 6.07) is 14.0. The van der Waals surface area contributed by atoms with Gasteiger partial charge in [-0.05, 0) is 72.7 Å². The van der Waals surface area contributed by atoms with Gasteiger partial charge in [0.25, 0.3) is 0 Å². The molecule has 3 heteroatoms. The van der Waals surface area contributed by atoms with Crippen LogP contribution in [0.25, 0.3) is 6.08 Å². The summed E-state index contributed by atoms with van der Waals surface area (Å²) >= 11 is 0. The standard InChI is InChI=1S/C27H27FO2/c1-18-24-10-5-11-25(29)27(24,2)17-22(26(18)30)15-21-8-3-6-19(14-21)12-13-20-7-4-9-23(28)16-20/h3-4,6-9,14-16,18,24-25,29H,5,10-11,17H2,1-2H3/t18?,24?,25-,27-/m0/s1. The largest absolute Gasteiger partial charge is 0.393 e. The van der Waals surface area contributed by atoms with Crippen molar-refractivity contribution in [3.8, 4) is 11.8 Å². The van der Waals surface area contributed by atoms with Crippen LogP contribution in [-0.4, -0.2) is 17.0 Å². The number of aliphatic hydroxyl groups excluding tert-OH is 1.